The Bertz CT molecular complexity index is 164. The highest BCUT2D eigenvalue weighted by molar-refractivity contribution is 5.78. The molecule has 1 aliphatic heterocycles. The molecule has 4 nitrogen and oxygen atoms in total. The van der Waals surface area contributed by atoms with Crippen LogP contribution in [0.5, 0.6) is 0 Å². The van der Waals surface area contributed by atoms with E-state index in [9.17, 15) is 4.79 Å². The molecule has 1 amide bonds. The molecule has 12 heavy (non-hydrogen) atoms. The quantitative estimate of drug-likeness (QED) is 0.585. The van der Waals surface area contributed by atoms with Crippen molar-refractivity contribution in [2.45, 2.75) is 26.0 Å². The minimum absolute atomic E-state index is 0.0388. The van der Waals surface area contributed by atoms with Gasteiger partial charge in [0.15, 0.2) is 0 Å². The summed E-state index contributed by atoms with van der Waals surface area (Å²) in [6.45, 7) is 5.54. The predicted molar refractivity (Wildman–Crippen MR) is 45.7 cm³/mol. The molecule has 0 radical (unpaired) electrons. The van der Waals surface area contributed by atoms with Crippen molar-refractivity contribution in [3.8, 4) is 0 Å². The van der Waals surface area contributed by atoms with Gasteiger partial charge in [-0.05, 0) is 13.8 Å². The van der Waals surface area contributed by atoms with Crippen molar-refractivity contribution in [3.63, 3.8) is 0 Å². The maximum absolute atomic E-state index is 11.1. The number of hydrogen-bond acceptors (Lipinski definition) is 3. The van der Waals surface area contributed by atoms with E-state index >= 15 is 0 Å². The Kier molecular flexibility index (Phi) is 3.05. The van der Waals surface area contributed by atoms with Gasteiger partial charge in [-0.3, -0.25) is 9.69 Å². The van der Waals surface area contributed by atoms with Gasteiger partial charge in [0.25, 0.3) is 0 Å². The number of amides is 1. The van der Waals surface area contributed by atoms with Gasteiger partial charge in [0.2, 0.25) is 5.91 Å². The summed E-state index contributed by atoms with van der Waals surface area (Å²) in [5.74, 6) is 0.0388. The SMILES string of the molecule is CC(C)NC(=O)CN1CC(O)C1. The molecule has 0 bridgehead atoms. The van der Waals surface area contributed by atoms with Crippen LogP contribution < -0.4 is 5.32 Å². The monoisotopic (exact) mass is 172 g/mol. The van der Waals surface area contributed by atoms with Gasteiger partial charge in [-0.2, -0.15) is 0 Å². The van der Waals surface area contributed by atoms with Crippen molar-refractivity contribution < 1.29 is 9.90 Å². The Balaban J connectivity index is 2.11. The van der Waals surface area contributed by atoms with E-state index in [0.717, 1.165) is 0 Å². The fourth-order valence-electron chi connectivity index (χ4n) is 1.24. The van der Waals surface area contributed by atoms with Crippen LogP contribution in [0.1, 0.15) is 13.8 Å². The van der Waals surface area contributed by atoms with Crippen LogP contribution in [-0.2, 0) is 4.79 Å². The third kappa shape index (κ3) is 2.79. The van der Waals surface area contributed by atoms with Gasteiger partial charge >= 0.3 is 0 Å². The first-order chi connectivity index (χ1) is 5.58. The summed E-state index contributed by atoms with van der Waals surface area (Å²) in [5.41, 5.74) is 0. The summed E-state index contributed by atoms with van der Waals surface area (Å²) in [7, 11) is 0. The fraction of sp³-hybridized carbons (Fsp3) is 0.875. The smallest absolute Gasteiger partial charge is 0.234 e. The third-order valence-electron chi connectivity index (χ3n) is 1.75. The van der Waals surface area contributed by atoms with E-state index in [4.69, 9.17) is 5.11 Å². The number of nitrogens with zero attached hydrogens (tertiary/aromatic N) is 1. The molecular weight excluding hydrogens is 156 g/mol. The maximum Gasteiger partial charge on any atom is 0.234 e. The number of β-amino-alcohol motifs (C(OH)–C–C–N with tert-alkyl or cyclic N) is 1. The molecule has 1 fully saturated rings. The number of carbonyl (C=O) groups is 1. The minimum Gasteiger partial charge on any atom is -0.390 e. The van der Waals surface area contributed by atoms with Crippen LogP contribution in [0.15, 0.2) is 0 Å². The number of likely N-dealkylation sites (tertiary alicyclic amines) is 1. The molecule has 0 spiro atoms. The standard InChI is InChI=1S/C8H16N2O2/c1-6(2)9-8(12)5-10-3-7(11)4-10/h6-7,11H,3-5H2,1-2H3,(H,9,12). The highest BCUT2D eigenvalue weighted by Crippen LogP contribution is 2.05. The van der Waals surface area contributed by atoms with Crippen LogP contribution in [-0.4, -0.2) is 47.7 Å². The molecule has 4 heteroatoms. The zero-order valence-corrected chi connectivity index (χ0v) is 7.58. The Labute approximate surface area is 72.6 Å². The maximum atomic E-state index is 11.1. The molecule has 1 rings (SSSR count). The largest absolute Gasteiger partial charge is 0.390 e. The molecule has 0 aromatic rings. The molecule has 1 aliphatic rings. The Morgan fingerprint density at radius 3 is 2.67 bits per heavy atom. The molecule has 0 aromatic heterocycles. The zero-order valence-electron chi connectivity index (χ0n) is 7.58. The Morgan fingerprint density at radius 2 is 2.25 bits per heavy atom. The lowest BCUT2D eigenvalue weighted by atomic mass is 10.2. The summed E-state index contributed by atoms with van der Waals surface area (Å²) in [4.78, 5) is 13.0. The van der Waals surface area contributed by atoms with Gasteiger partial charge in [0.1, 0.15) is 0 Å². The number of carbonyl (C=O) groups excluding carboxylic acids is 1. The van der Waals surface area contributed by atoms with Crippen LogP contribution in [0.4, 0.5) is 0 Å². The molecule has 0 aromatic carbocycles. The van der Waals surface area contributed by atoms with E-state index < -0.39 is 0 Å². The van der Waals surface area contributed by atoms with Crippen molar-refractivity contribution in [3.05, 3.63) is 0 Å². The van der Waals surface area contributed by atoms with Crippen LogP contribution in [0, 0.1) is 0 Å². The summed E-state index contributed by atoms with van der Waals surface area (Å²) in [5, 5.41) is 11.7. The number of hydrogen-bond donors (Lipinski definition) is 2. The van der Waals surface area contributed by atoms with Crippen molar-refractivity contribution in [1.82, 2.24) is 10.2 Å². The predicted octanol–water partition coefficient (Wildman–Crippen LogP) is -0.813. The van der Waals surface area contributed by atoms with Gasteiger partial charge in [-0.15, -0.1) is 0 Å². The van der Waals surface area contributed by atoms with Gasteiger partial charge in [0, 0.05) is 19.1 Å². The van der Waals surface area contributed by atoms with E-state index in [1.807, 2.05) is 18.7 Å². The fourth-order valence-corrected chi connectivity index (χ4v) is 1.24. The van der Waals surface area contributed by atoms with Crippen LogP contribution in [0.25, 0.3) is 0 Å². The van der Waals surface area contributed by atoms with Gasteiger partial charge in [0.05, 0.1) is 12.6 Å². The van der Waals surface area contributed by atoms with Gasteiger partial charge in [-0.25, -0.2) is 0 Å². The molecule has 1 saturated heterocycles. The van der Waals surface area contributed by atoms with Crippen molar-refractivity contribution in [2.75, 3.05) is 19.6 Å². The number of aliphatic hydroxyl groups excluding tert-OH is 1. The third-order valence-corrected chi connectivity index (χ3v) is 1.75. The molecular formula is C8H16N2O2. The van der Waals surface area contributed by atoms with Gasteiger partial charge < -0.3 is 10.4 Å². The number of nitrogens with one attached hydrogen (secondary N) is 1. The van der Waals surface area contributed by atoms with Crippen LogP contribution >= 0.6 is 0 Å². The molecule has 0 aliphatic carbocycles. The first-order valence-electron chi connectivity index (χ1n) is 4.27. The summed E-state index contributed by atoms with van der Waals surface area (Å²) in [6, 6.07) is 0.198. The van der Waals surface area contributed by atoms with Crippen LogP contribution in [0.2, 0.25) is 0 Å². The summed E-state index contributed by atoms with van der Waals surface area (Å²) >= 11 is 0. The minimum atomic E-state index is -0.225. The number of rotatable bonds is 3. The molecule has 2 N–H and O–H groups in total. The van der Waals surface area contributed by atoms with E-state index in [2.05, 4.69) is 5.32 Å². The average molecular weight is 172 g/mol. The van der Waals surface area contributed by atoms with Crippen molar-refractivity contribution in [2.24, 2.45) is 0 Å². The Morgan fingerprint density at radius 1 is 1.67 bits per heavy atom. The molecule has 0 saturated carbocycles. The lowest BCUT2D eigenvalue weighted by molar-refractivity contribution is -0.125. The highest BCUT2D eigenvalue weighted by Gasteiger charge is 2.25. The van der Waals surface area contributed by atoms with Crippen LogP contribution in [0.3, 0.4) is 0 Å². The topological polar surface area (TPSA) is 52.6 Å². The van der Waals surface area contributed by atoms with Crippen molar-refractivity contribution in [1.29, 1.82) is 0 Å². The first-order valence-corrected chi connectivity index (χ1v) is 4.27. The van der Waals surface area contributed by atoms with E-state index in [0.29, 0.717) is 19.6 Å². The first kappa shape index (κ1) is 9.48. The van der Waals surface area contributed by atoms with E-state index in [1.54, 1.807) is 0 Å². The molecule has 70 valence electrons. The second-order valence-electron chi connectivity index (χ2n) is 3.57. The highest BCUT2D eigenvalue weighted by atomic mass is 16.3. The molecule has 0 atom stereocenters. The summed E-state index contributed by atoms with van der Waals surface area (Å²) in [6.07, 6.45) is -0.225. The molecule has 1 heterocycles. The average Bonchev–Trinajstić information content (AvgIpc) is 1.82. The second-order valence-corrected chi connectivity index (χ2v) is 3.57. The molecule has 0 unspecified atom stereocenters. The second kappa shape index (κ2) is 3.87. The lowest BCUT2D eigenvalue weighted by Gasteiger charge is -2.35. The normalized spacial score (nSPS) is 19.3. The van der Waals surface area contributed by atoms with E-state index in [1.165, 1.54) is 0 Å². The summed E-state index contributed by atoms with van der Waals surface area (Å²) < 4.78 is 0. The Hall–Kier alpha value is -0.610. The number of aliphatic hydroxyl groups is 1. The van der Waals surface area contributed by atoms with Crippen molar-refractivity contribution >= 4 is 5.91 Å². The van der Waals surface area contributed by atoms with E-state index in [-0.39, 0.29) is 18.1 Å². The zero-order chi connectivity index (χ0) is 9.14. The van der Waals surface area contributed by atoms with Gasteiger partial charge in [-0.1, -0.05) is 0 Å². The lowest BCUT2D eigenvalue weighted by Crippen LogP contribution is -2.54.